The maximum atomic E-state index is 12.7. The minimum absolute atomic E-state index is 0.385. The van der Waals surface area contributed by atoms with Gasteiger partial charge >= 0.3 is 0 Å². The lowest BCUT2D eigenvalue weighted by molar-refractivity contribution is 0.363. The molecule has 0 aliphatic carbocycles. The Balaban J connectivity index is 1.94. The van der Waals surface area contributed by atoms with Gasteiger partial charge in [-0.05, 0) is 18.6 Å². The van der Waals surface area contributed by atoms with Crippen LogP contribution in [0.15, 0.2) is 0 Å². The molecule has 1 aromatic rings. The molecule has 0 bridgehead atoms. The number of aromatic nitrogens is 3. The van der Waals surface area contributed by atoms with E-state index in [0.29, 0.717) is 4.77 Å². The quantitative estimate of drug-likeness (QED) is 0.373. The summed E-state index contributed by atoms with van der Waals surface area (Å²) in [6.07, 6.45) is 15.3. The van der Waals surface area contributed by atoms with Crippen LogP contribution in [0.25, 0.3) is 0 Å². The van der Waals surface area contributed by atoms with E-state index in [0.717, 1.165) is 18.7 Å². The molecule has 21 heavy (non-hydrogen) atoms. The zero-order valence-corrected chi connectivity index (χ0v) is 14.2. The van der Waals surface area contributed by atoms with Crippen LogP contribution in [-0.4, -0.2) is 14.8 Å². The Morgan fingerprint density at radius 2 is 1.48 bits per heavy atom. The third-order valence-corrected chi connectivity index (χ3v) is 4.27. The molecule has 0 amide bonds. The molecule has 122 valence electrons. The van der Waals surface area contributed by atoms with E-state index < -0.39 is 6.80 Å². The average Bonchev–Trinajstić information content (AvgIpc) is 2.85. The lowest BCUT2D eigenvalue weighted by atomic mass is 10.1. The van der Waals surface area contributed by atoms with Crippen molar-refractivity contribution in [2.45, 2.75) is 90.8 Å². The number of hydrogen-bond donors (Lipinski definition) is 1. The fourth-order valence-corrected chi connectivity index (χ4v) is 2.81. The Bertz CT molecular complexity index is 414. The van der Waals surface area contributed by atoms with E-state index in [4.69, 9.17) is 12.2 Å². The highest BCUT2D eigenvalue weighted by atomic mass is 32.1. The second-order valence-corrected chi connectivity index (χ2v) is 6.16. The van der Waals surface area contributed by atoms with Crippen LogP contribution in [0.3, 0.4) is 0 Å². The van der Waals surface area contributed by atoms with Gasteiger partial charge in [0.25, 0.3) is 0 Å². The number of hydrogen-bond acceptors (Lipinski definition) is 2. The Labute approximate surface area is 133 Å². The minimum atomic E-state index is -0.581. The summed E-state index contributed by atoms with van der Waals surface area (Å²) in [5.41, 5.74) is 0. The molecule has 0 unspecified atom stereocenters. The van der Waals surface area contributed by atoms with Gasteiger partial charge in [0.2, 0.25) is 0 Å². The Morgan fingerprint density at radius 1 is 0.952 bits per heavy atom. The normalized spacial score (nSPS) is 11.1. The topological polar surface area (TPSA) is 33.6 Å². The van der Waals surface area contributed by atoms with Crippen LogP contribution < -0.4 is 0 Å². The third-order valence-electron chi connectivity index (χ3n) is 3.96. The number of rotatable bonds is 13. The van der Waals surface area contributed by atoms with Crippen molar-refractivity contribution in [1.82, 2.24) is 14.8 Å². The van der Waals surface area contributed by atoms with E-state index in [1.807, 2.05) is 0 Å². The smallest absolute Gasteiger partial charge is 0.197 e. The second kappa shape index (κ2) is 11.9. The first-order valence-electron chi connectivity index (χ1n) is 8.49. The molecule has 0 aliphatic rings. The van der Waals surface area contributed by atoms with Crippen LogP contribution in [0.5, 0.6) is 0 Å². The van der Waals surface area contributed by atoms with Gasteiger partial charge in [-0.15, -0.1) is 0 Å². The van der Waals surface area contributed by atoms with Crippen LogP contribution in [0.2, 0.25) is 0 Å². The van der Waals surface area contributed by atoms with Crippen LogP contribution in [0.4, 0.5) is 4.39 Å². The summed E-state index contributed by atoms with van der Waals surface area (Å²) >= 11 is 4.96. The first-order chi connectivity index (χ1) is 10.3. The summed E-state index contributed by atoms with van der Waals surface area (Å²) in [7, 11) is 0. The molecule has 5 heteroatoms. The Hall–Kier alpha value is -0.710. The van der Waals surface area contributed by atoms with Gasteiger partial charge in [0.15, 0.2) is 11.6 Å². The van der Waals surface area contributed by atoms with Gasteiger partial charge in [-0.1, -0.05) is 71.1 Å². The van der Waals surface area contributed by atoms with E-state index in [2.05, 4.69) is 17.1 Å². The van der Waals surface area contributed by atoms with E-state index in [1.54, 1.807) is 0 Å². The van der Waals surface area contributed by atoms with E-state index in [1.165, 1.54) is 68.8 Å². The molecule has 1 heterocycles. The maximum absolute atomic E-state index is 12.7. The first kappa shape index (κ1) is 18.3. The van der Waals surface area contributed by atoms with Gasteiger partial charge in [0.05, 0.1) is 0 Å². The zero-order valence-electron chi connectivity index (χ0n) is 13.4. The molecular weight excluding hydrogens is 285 g/mol. The Morgan fingerprint density at radius 3 is 2.00 bits per heavy atom. The van der Waals surface area contributed by atoms with Crippen molar-refractivity contribution in [3.05, 3.63) is 10.6 Å². The van der Waals surface area contributed by atoms with E-state index in [-0.39, 0.29) is 0 Å². The predicted octanol–water partition coefficient (Wildman–Crippen LogP) is 5.72. The van der Waals surface area contributed by atoms with Crippen LogP contribution >= 0.6 is 12.2 Å². The lowest BCUT2D eigenvalue weighted by Crippen LogP contribution is -2.01. The van der Waals surface area contributed by atoms with Crippen LogP contribution in [0, 0.1) is 4.77 Å². The summed E-state index contributed by atoms with van der Waals surface area (Å²) in [5, 5.41) is 6.73. The van der Waals surface area contributed by atoms with Crippen molar-refractivity contribution in [1.29, 1.82) is 0 Å². The molecule has 1 aromatic heterocycles. The van der Waals surface area contributed by atoms with Crippen LogP contribution in [-0.2, 0) is 13.2 Å². The molecule has 0 saturated heterocycles. The molecule has 0 saturated carbocycles. The number of aryl methyl sites for hydroxylation is 1. The fraction of sp³-hybridized carbons (Fsp3) is 0.875. The monoisotopic (exact) mass is 315 g/mol. The molecule has 0 aliphatic heterocycles. The van der Waals surface area contributed by atoms with Crippen molar-refractivity contribution in [2.24, 2.45) is 0 Å². The second-order valence-electron chi connectivity index (χ2n) is 5.78. The summed E-state index contributed by atoms with van der Waals surface area (Å²) < 4.78 is 14.6. The highest BCUT2D eigenvalue weighted by molar-refractivity contribution is 7.71. The maximum Gasteiger partial charge on any atom is 0.197 e. The van der Waals surface area contributed by atoms with Gasteiger partial charge in [-0.3, -0.25) is 9.67 Å². The van der Waals surface area contributed by atoms with Crippen molar-refractivity contribution >= 4 is 12.2 Å². The molecule has 1 rings (SSSR count). The number of unbranched alkanes of at least 4 members (excludes halogenated alkanes) is 10. The average molecular weight is 316 g/mol. The number of aromatic amines is 1. The summed E-state index contributed by atoms with van der Waals surface area (Å²) in [5.74, 6) is 0.749. The molecule has 3 nitrogen and oxygen atoms in total. The highest BCUT2D eigenvalue weighted by Gasteiger charge is 2.04. The van der Waals surface area contributed by atoms with E-state index in [9.17, 15) is 4.39 Å². The number of halogens is 1. The van der Waals surface area contributed by atoms with Crippen molar-refractivity contribution < 1.29 is 4.39 Å². The standard InChI is InChI=1S/C16H30FN3S/c1-2-3-4-5-6-7-8-9-10-11-12-13-15-18-19-16(21)20(15)14-17/h2-14H2,1H3,(H,19,21). The van der Waals surface area contributed by atoms with Crippen molar-refractivity contribution in [3.8, 4) is 0 Å². The largest absolute Gasteiger partial charge is 0.275 e. The van der Waals surface area contributed by atoms with Crippen molar-refractivity contribution in [3.63, 3.8) is 0 Å². The number of H-pyrrole nitrogens is 1. The molecule has 1 N–H and O–H groups in total. The van der Waals surface area contributed by atoms with Gasteiger partial charge < -0.3 is 0 Å². The van der Waals surface area contributed by atoms with Gasteiger partial charge in [-0.2, -0.15) is 5.10 Å². The summed E-state index contributed by atoms with van der Waals surface area (Å²) in [6, 6.07) is 0. The van der Waals surface area contributed by atoms with Gasteiger partial charge in [-0.25, -0.2) is 4.39 Å². The number of nitrogens with zero attached hydrogens (tertiary/aromatic N) is 2. The molecule has 0 aromatic carbocycles. The number of alkyl halides is 1. The van der Waals surface area contributed by atoms with Gasteiger partial charge in [0, 0.05) is 6.42 Å². The van der Waals surface area contributed by atoms with Crippen LogP contribution in [0.1, 0.15) is 83.4 Å². The molecular formula is C16H30FN3S. The molecule has 0 radical (unpaired) electrons. The minimum Gasteiger partial charge on any atom is -0.275 e. The van der Waals surface area contributed by atoms with Crippen molar-refractivity contribution in [2.75, 3.05) is 0 Å². The third kappa shape index (κ3) is 7.74. The lowest BCUT2D eigenvalue weighted by Gasteiger charge is -2.03. The molecule has 0 spiro atoms. The fourth-order valence-electron chi connectivity index (χ4n) is 2.61. The van der Waals surface area contributed by atoms with Gasteiger partial charge in [0.1, 0.15) is 5.82 Å². The molecule has 0 fully saturated rings. The SMILES string of the molecule is CCCCCCCCCCCCCc1n[nH]c(=S)n1CF. The first-order valence-corrected chi connectivity index (χ1v) is 8.90. The predicted molar refractivity (Wildman–Crippen MR) is 88.7 cm³/mol. The Kier molecular flexibility index (Phi) is 10.4. The highest BCUT2D eigenvalue weighted by Crippen LogP contribution is 2.12. The zero-order chi connectivity index (χ0) is 15.3. The summed E-state index contributed by atoms with van der Waals surface area (Å²) in [4.78, 5) is 0. The van der Waals surface area contributed by atoms with E-state index >= 15 is 0 Å². The summed E-state index contributed by atoms with van der Waals surface area (Å²) in [6.45, 7) is 1.68. The molecule has 0 atom stereocenters. The number of nitrogens with one attached hydrogen (secondary N) is 1.